The lowest BCUT2D eigenvalue weighted by Gasteiger charge is -2.11. The Hall–Kier alpha value is -1.94. The maximum atomic E-state index is 11.6. The number of pyridine rings is 1. The first-order valence-corrected chi connectivity index (χ1v) is 7.52. The molecule has 4 heteroatoms. The number of rotatable bonds is 7. The van der Waals surface area contributed by atoms with Gasteiger partial charge in [-0.1, -0.05) is 19.1 Å². The predicted octanol–water partition coefficient (Wildman–Crippen LogP) is 2.63. The van der Waals surface area contributed by atoms with E-state index >= 15 is 0 Å². The highest BCUT2D eigenvalue weighted by molar-refractivity contribution is 5.79. The number of nitrogens with zero attached hydrogens (tertiary/aromatic N) is 1. The molecule has 0 fully saturated rings. The van der Waals surface area contributed by atoms with Crippen LogP contribution in [-0.4, -0.2) is 23.5 Å². The van der Waals surface area contributed by atoms with Gasteiger partial charge in [0, 0.05) is 37.1 Å². The number of amides is 1. The molecule has 1 atom stereocenters. The third kappa shape index (κ3) is 4.83. The molecule has 0 saturated carbocycles. The Labute approximate surface area is 126 Å². The van der Waals surface area contributed by atoms with Crippen molar-refractivity contribution >= 4 is 16.8 Å². The zero-order valence-corrected chi connectivity index (χ0v) is 12.7. The van der Waals surface area contributed by atoms with E-state index in [-0.39, 0.29) is 11.9 Å². The maximum absolute atomic E-state index is 11.6. The Morgan fingerprint density at radius 2 is 2.19 bits per heavy atom. The SMILES string of the molecule is CCC(C)NC(=O)CCNCc1ccc2ncccc2c1. The maximum Gasteiger partial charge on any atom is 0.221 e. The zero-order chi connectivity index (χ0) is 15.1. The van der Waals surface area contributed by atoms with E-state index in [0.29, 0.717) is 13.0 Å². The third-order valence-corrected chi connectivity index (χ3v) is 3.55. The fourth-order valence-electron chi connectivity index (χ4n) is 2.12. The topological polar surface area (TPSA) is 54.0 Å². The van der Waals surface area contributed by atoms with Gasteiger partial charge in [-0.3, -0.25) is 9.78 Å². The third-order valence-electron chi connectivity index (χ3n) is 3.55. The van der Waals surface area contributed by atoms with E-state index in [0.717, 1.165) is 23.9 Å². The van der Waals surface area contributed by atoms with Crippen LogP contribution in [0.5, 0.6) is 0 Å². The van der Waals surface area contributed by atoms with Gasteiger partial charge in [0.15, 0.2) is 0 Å². The largest absolute Gasteiger partial charge is 0.354 e. The summed E-state index contributed by atoms with van der Waals surface area (Å²) in [7, 11) is 0. The Balaban J connectivity index is 1.76. The minimum Gasteiger partial charge on any atom is -0.354 e. The number of fused-ring (bicyclic) bond motifs is 1. The van der Waals surface area contributed by atoms with Crippen LogP contribution < -0.4 is 10.6 Å². The van der Waals surface area contributed by atoms with E-state index in [4.69, 9.17) is 0 Å². The predicted molar refractivity (Wildman–Crippen MR) is 86.0 cm³/mol. The Kier molecular flexibility index (Phi) is 5.69. The second-order valence-corrected chi connectivity index (χ2v) is 5.33. The summed E-state index contributed by atoms with van der Waals surface area (Å²) in [5, 5.41) is 7.42. The van der Waals surface area contributed by atoms with Crippen LogP contribution in [0.4, 0.5) is 0 Å². The number of carbonyl (C=O) groups excluding carboxylic acids is 1. The molecule has 0 spiro atoms. The number of aromatic nitrogens is 1. The van der Waals surface area contributed by atoms with Gasteiger partial charge in [0.2, 0.25) is 5.91 Å². The van der Waals surface area contributed by atoms with E-state index in [1.54, 1.807) is 6.20 Å². The number of nitrogens with one attached hydrogen (secondary N) is 2. The smallest absolute Gasteiger partial charge is 0.221 e. The highest BCUT2D eigenvalue weighted by Gasteiger charge is 2.04. The second kappa shape index (κ2) is 7.74. The molecule has 0 saturated heterocycles. The van der Waals surface area contributed by atoms with Gasteiger partial charge in [-0.2, -0.15) is 0 Å². The van der Waals surface area contributed by atoms with Gasteiger partial charge in [-0.15, -0.1) is 0 Å². The van der Waals surface area contributed by atoms with Gasteiger partial charge in [0.1, 0.15) is 0 Å². The van der Waals surface area contributed by atoms with Crippen LogP contribution in [0.2, 0.25) is 0 Å². The van der Waals surface area contributed by atoms with Gasteiger partial charge in [0.05, 0.1) is 5.52 Å². The number of benzene rings is 1. The van der Waals surface area contributed by atoms with Gasteiger partial charge in [-0.05, 0) is 37.1 Å². The summed E-state index contributed by atoms with van der Waals surface area (Å²) in [6.45, 7) is 5.54. The molecule has 0 radical (unpaired) electrons. The lowest BCUT2D eigenvalue weighted by atomic mass is 10.1. The molecule has 1 aromatic carbocycles. The molecule has 1 heterocycles. The molecule has 112 valence electrons. The molecule has 0 aliphatic carbocycles. The van der Waals surface area contributed by atoms with Crippen molar-refractivity contribution in [1.82, 2.24) is 15.6 Å². The van der Waals surface area contributed by atoms with E-state index in [1.807, 2.05) is 19.1 Å². The average molecular weight is 285 g/mol. The normalized spacial score (nSPS) is 12.3. The van der Waals surface area contributed by atoms with Gasteiger partial charge in [0.25, 0.3) is 0 Å². The minimum atomic E-state index is 0.111. The van der Waals surface area contributed by atoms with Crippen molar-refractivity contribution in [3.63, 3.8) is 0 Å². The summed E-state index contributed by atoms with van der Waals surface area (Å²) in [5.41, 5.74) is 2.21. The van der Waals surface area contributed by atoms with Crippen molar-refractivity contribution < 1.29 is 4.79 Å². The molecule has 0 bridgehead atoms. The van der Waals surface area contributed by atoms with E-state index in [1.165, 1.54) is 5.56 Å². The molecular formula is C17H23N3O. The molecule has 1 amide bonds. The fourth-order valence-corrected chi connectivity index (χ4v) is 2.12. The Morgan fingerprint density at radius 1 is 1.33 bits per heavy atom. The molecule has 21 heavy (non-hydrogen) atoms. The van der Waals surface area contributed by atoms with Crippen molar-refractivity contribution in [3.8, 4) is 0 Å². The first-order valence-electron chi connectivity index (χ1n) is 7.52. The molecule has 2 rings (SSSR count). The summed E-state index contributed by atoms with van der Waals surface area (Å²) < 4.78 is 0. The van der Waals surface area contributed by atoms with Crippen LogP contribution in [0.15, 0.2) is 36.5 Å². The lowest BCUT2D eigenvalue weighted by Crippen LogP contribution is -2.33. The number of hydrogen-bond acceptors (Lipinski definition) is 3. The first kappa shape index (κ1) is 15.4. The molecule has 1 unspecified atom stereocenters. The highest BCUT2D eigenvalue weighted by atomic mass is 16.1. The summed E-state index contributed by atoms with van der Waals surface area (Å²) in [5.74, 6) is 0.111. The van der Waals surface area contributed by atoms with Crippen LogP contribution in [0.25, 0.3) is 10.9 Å². The minimum absolute atomic E-state index is 0.111. The highest BCUT2D eigenvalue weighted by Crippen LogP contribution is 2.12. The molecule has 0 aliphatic heterocycles. The first-order chi connectivity index (χ1) is 10.2. The van der Waals surface area contributed by atoms with Crippen LogP contribution >= 0.6 is 0 Å². The summed E-state index contributed by atoms with van der Waals surface area (Å²) in [6.07, 6.45) is 3.28. The lowest BCUT2D eigenvalue weighted by molar-refractivity contribution is -0.121. The number of hydrogen-bond donors (Lipinski definition) is 2. The zero-order valence-electron chi connectivity index (χ0n) is 12.7. The second-order valence-electron chi connectivity index (χ2n) is 5.33. The monoisotopic (exact) mass is 285 g/mol. The van der Waals surface area contributed by atoms with Crippen LogP contribution in [0.3, 0.4) is 0 Å². The van der Waals surface area contributed by atoms with E-state index < -0.39 is 0 Å². The van der Waals surface area contributed by atoms with Gasteiger partial charge < -0.3 is 10.6 Å². The quantitative estimate of drug-likeness (QED) is 0.769. The summed E-state index contributed by atoms with van der Waals surface area (Å²) >= 11 is 0. The van der Waals surface area contributed by atoms with Crippen LogP contribution in [0.1, 0.15) is 32.3 Å². The van der Waals surface area contributed by atoms with Crippen LogP contribution in [-0.2, 0) is 11.3 Å². The molecule has 1 aromatic heterocycles. The Morgan fingerprint density at radius 3 is 3.00 bits per heavy atom. The van der Waals surface area contributed by atoms with Crippen LogP contribution in [0, 0.1) is 0 Å². The average Bonchev–Trinajstić information content (AvgIpc) is 2.51. The van der Waals surface area contributed by atoms with E-state index in [9.17, 15) is 4.79 Å². The van der Waals surface area contributed by atoms with Crippen molar-refractivity contribution in [2.45, 2.75) is 39.3 Å². The standard InChI is InChI=1S/C17H23N3O/c1-3-13(2)20-17(21)8-10-18-12-14-6-7-16-15(11-14)5-4-9-19-16/h4-7,9,11,13,18H,3,8,10,12H2,1-2H3,(H,20,21). The summed E-state index contributed by atoms with van der Waals surface area (Å²) in [4.78, 5) is 15.9. The van der Waals surface area contributed by atoms with E-state index in [2.05, 4.69) is 40.7 Å². The molecule has 2 aromatic rings. The molecule has 0 aliphatic rings. The van der Waals surface area contributed by atoms with Crippen molar-refractivity contribution in [3.05, 3.63) is 42.1 Å². The van der Waals surface area contributed by atoms with Crippen molar-refractivity contribution in [1.29, 1.82) is 0 Å². The number of carbonyl (C=O) groups is 1. The fraction of sp³-hybridized carbons (Fsp3) is 0.412. The summed E-state index contributed by atoms with van der Waals surface area (Å²) in [6, 6.07) is 10.5. The molecule has 4 nitrogen and oxygen atoms in total. The molecular weight excluding hydrogens is 262 g/mol. The Bertz CT molecular complexity index is 597. The molecule has 2 N–H and O–H groups in total. The van der Waals surface area contributed by atoms with Gasteiger partial charge in [-0.25, -0.2) is 0 Å². The van der Waals surface area contributed by atoms with Crippen molar-refractivity contribution in [2.75, 3.05) is 6.54 Å². The van der Waals surface area contributed by atoms with Gasteiger partial charge >= 0.3 is 0 Å². The van der Waals surface area contributed by atoms with Crippen molar-refractivity contribution in [2.24, 2.45) is 0 Å².